The number of nitrogens with zero attached hydrogens (tertiary/aromatic N) is 3. The molecule has 172 valence electrons. The number of aromatic nitrogens is 3. The molecule has 1 amide bonds. The molecule has 5 rings (SSSR count). The number of benzene rings is 3. The summed E-state index contributed by atoms with van der Waals surface area (Å²) in [4.78, 5) is 22.0. The number of carbonyl (C=O) groups is 1. The Kier molecular flexibility index (Phi) is 5.60. The molecule has 0 saturated heterocycles. The largest absolute Gasteiger partial charge is 0.495 e. The molecule has 0 atom stereocenters. The molecule has 0 fully saturated rings. The standard InChI is InChI=1S/C23H19N5O4S2/c1-32-19-11-10-14(12-20(19)34(24,30)31)25-21(29)13-33-23-27-16-7-3-2-6-15(16)22-26-17-8-4-5-9-18(17)28(22)23/h2-12H,13H2,1H3,(H,25,29)(H2,24,30,31). The minimum atomic E-state index is -4.02. The van der Waals surface area contributed by atoms with Crippen molar-refractivity contribution in [2.45, 2.75) is 10.1 Å². The van der Waals surface area contributed by atoms with E-state index in [-0.39, 0.29) is 22.3 Å². The molecule has 3 N–H and O–H groups in total. The van der Waals surface area contributed by atoms with E-state index < -0.39 is 10.0 Å². The fourth-order valence-electron chi connectivity index (χ4n) is 3.71. The van der Waals surface area contributed by atoms with Gasteiger partial charge >= 0.3 is 0 Å². The van der Waals surface area contributed by atoms with Crippen molar-refractivity contribution in [3.05, 3.63) is 66.7 Å². The monoisotopic (exact) mass is 493 g/mol. The minimum Gasteiger partial charge on any atom is -0.495 e. The highest BCUT2D eigenvalue weighted by molar-refractivity contribution is 7.99. The Morgan fingerprint density at radius 3 is 2.56 bits per heavy atom. The Bertz CT molecular complexity index is 1680. The zero-order valence-electron chi connectivity index (χ0n) is 17.9. The van der Waals surface area contributed by atoms with E-state index in [9.17, 15) is 13.2 Å². The van der Waals surface area contributed by atoms with Gasteiger partial charge in [-0.15, -0.1) is 0 Å². The molecule has 0 bridgehead atoms. The average molecular weight is 494 g/mol. The van der Waals surface area contributed by atoms with Crippen molar-refractivity contribution in [1.29, 1.82) is 0 Å². The normalized spacial score (nSPS) is 11.8. The lowest BCUT2D eigenvalue weighted by Gasteiger charge is -2.11. The van der Waals surface area contributed by atoms with Gasteiger partial charge in [0, 0.05) is 11.1 Å². The quantitative estimate of drug-likeness (QED) is 0.274. The summed E-state index contributed by atoms with van der Waals surface area (Å²) in [7, 11) is -2.68. The number of imidazole rings is 1. The molecule has 0 radical (unpaired) electrons. The van der Waals surface area contributed by atoms with Gasteiger partial charge in [-0.2, -0.15) is 0 Å². The number of methoxy groups -OCH3 is 1. The van der Waals surface area contributed by atoms with Crippen molar-refractivity contribution in [3.8, 4) is 5.75 Å². The Morgan fingerprint density at radius 2 is 1.79 bits per heavy atom. The Balaban J connectivity index is 1.46. The summed E-state index contributed by atoms with van der Waals surface area (Å²) in [5.74, 6) is -0.184. The number of nitrogens with one attached hydrogen (secondary N) is 1. The van der Waals surface area contributed by atoms with Crippen molar-refractivity contribution in [3.63, 3.8) is 0 Å². The molecule has 0 aliphatic rings. The van der Waals surface area contributed by atoms with Crippen LogP contribution in [0.25, 0.3) is 27.6 Å². The third-order valence-electron chi connectivity index (χ3n) is 5.20. The number of hydrogen-bond donors (Lipinski definition) is 2. The van der Waals surface area contributed by atoms with Crippen LogP contribution < -0.4 is 15.2 Å². The lowest BCUT2D eigenvalue weighted by Crippen LogP contribution is -2.17. The third kappa shape index (κ3) is 4.04. The van der Waals surface area contributed by atoms with E-state index in [1.54, 1.807) is 6.07 Å². The maximum Gasteiger partial charge on any atom is 0.241 e. The number of para-hydroxylation sites is 3. The number of nitrogens with two attached hydrogens (primary N) is 1. The van der Waals surface area contributed by atoms with Crippen molar-refractivity contribution < 1.29 is 17.9 Å². The lowest BCUT2D eigenvalue weighted by molar-refractivity contribution is -0.113. The fourth-order valence-corrected chi connectivity index (χ4v) is 5.25. The second-order valence-electron chi connectivity index (χ2n) is 7.42. The van der Waals surface area contributed by atoms with Crippen LogP contribution in [0.3, 0.4) is 0 Å². The van der Waals surface area contributed by atoms with Crippen LogP contribution >= 0.6 is 11.8 Å². The number of rotatable bonds is 6. The van der Waals surface area contributed by atoms with Crippen LogP contribution in [-0.2, 0) is 14.8 Å². The second-order valence-corrected chi connectivity index (χ2v) is 9.89. The zero-order valence-corrected chi connectivity index (χ0v) is 19.6. The molecule has 0 unspecified atom stereocenters. The fraction of sp³-hybridized carbons (Fsp3) is 0.0870. The van der Waals surface area contributed by atoms with Gasteiger partial charge < -0.3 is 10.1 Å². The van der Waals surface area contributed by atoms with Crippen molar-refractivity contribution in [2.24, 2.45) is 5.14 Å². The Morgan fingerprint density at radius 1 is 1.06 bits per heavy atom. The smallest absolute Gasteiger partial charge is 0.241 e. The predicted molar refractivity (Wildman–Crippen MR) is 132 cm³/mol. The molecule has 34 heavy (non-hydrogen) atoms. The number of carbonyl (C=O) groups excluding carboxylic acids is 1. The van der Waals surface area contributed by atoms with Gasteiger partial charge in [-0.25, -0.2) is 23.5 Å². The van der Waals surface area contributed by atoms with Gasteiger partial charge in [0.05, 0.1) is 29.4 Å². The second kappa shape index (κ2) is 8.60. The average Bonchev–Trinajstić information content (AvgIpc) is 3.22. The number of thioether (sulfide) groups is 1. The van der Waals surface area contributed by atoms with Crippen molar-refractivity contribution in [1.82, 2.24) is 14.4 Å². The summed E-state index contributed by atoms with van der Waals surface area (Å²) in [5.41, 5.74) is 3.57. The molecule has 9 nitrogen and oxygen atoms in total. The van der Waals surface area contributed by atoms with Crippen LogP contribution in [0, 0.1) is 0 Å². The first-order chi connectivity index (χ1) is 16.3. The van der Waals surface area contributed by atoms with Crippen molar-refractivity contribution >= 4 is 61.0 Å². The summed E-state index contributed by atoms with van der Waals surface area (Å²) in [6.45, 7) is 0. The van der Waals surface area contributed by atoms with Gasteiger partial charge in [-0.05, 0) is 42.5 Å². The summed E-state index contributed by atoms with van der Waals surface area (Å²) in [5, 5.41) is 9.50. The highest BCUT2D eigenvalue weighted by Gasteiger charge is 2.18. The molecular weight excluding hydrogens is 474 g/mol. The number of primary sulfonamides is 1. The Labute approximate surface area is 199 Å². The summed E-state index contributed by atoms with van der Waals surface area (Å²) >= 11 is 1.26. The maximum absolute atomic E-state index is 12.7. The SMILES string of the molecule is COc1ccc(NC(=O)CSc2nc3ccccc3c3nc4ccccc4n23)cc1S(N)(=O)=O. The van der Waals surface area contributed by atoms with Gasteiger partial charge in [0.25, 0.3) is 0 Å². The topological polar surface area (TPSA) is 129 Å². The minimum absolute atomic E-state index is 0.0453. The molecule has 2 heterocycles. The van der Waals surface area contributed by atoms with Gasteiger partial charge in [0.1, 0.15) is 16.3 Å². The van der Waals surface area contributed by atoms with Gasteiger partial charge in [0.2, 0.25) is 15.9 Å². The first-order valence-corrected chi connectivity index (χ1v) is 12.7. The van der Waals surface area contributed by atoms with E-state index in [4.69, 9.17) is 19.8 Å². The first-order valence-electron chi connectivity index (χ1n) is 10.1. The number of sulfonamides is 1. The number of amides is 1. The van der Waals surface area contributed by atoms with E-state index >= 15 is 0 Å². The predicted octanol–water partition coefficient (Wildman–Crippen LogP) is 3.42. The first kappa shape index (κ1) is 22.1. The summed E-state index contributed by atoms with van der Waals surface area (Å²) in [6.07, 6.45) is 0. The molecule has 11 heteroatoms. The van der Waals surface area contributed by atoms with Gasteiger partial charge in [-0.3, -0.25) is 9.20 Å². The van der Waals surface area contributed by atoms with Crippen LogP contribution in [0.4, 0.5) is 5.69 Å². The van der Waals surface area contributed by atoms with Crippen LogP contribution in [0.5, 0.6) is 5.75 Å². The van der Waals surface area contributed by atoms with E-state index in [1.807, 2.05) is 52.9 Å². The highest BCUT2D eigenvalue weighted by atomic mass is 32.2. The van der Waals surface area contributed by atoms with Gasteiger partial charge in [-0.1, -0.05) is 36.0 Å². The molecule has 0 aliphatic carbocycles. The van der Waals surface area contributed by atoms with Crippen LogP contribution in [0.15, 0.2) is 76.8 Å². The van der Waals surface area contributed by atoms with E-state index in [0.29, 0.717) is 10.8 Å². The van der Waals surface area contributed by atoms with Gasteiger partial charge in [0.15, 0.2) is 5.16 Å². The van der Waals surface area contributed by atoms with Crippen molar-refractivity contribution in [2.75, 3.05) is 18.2 Å². The lowest BCUT2D eigenvalue weighted by atomic mass is 10.2. The van der Waals surface area contributed by atoms with E-state index in [0.717, 1.165) is 27.6 Å². The van der Waals surface area contributed by atoms with Crippen LogP contribution in [0.2, 0.25) is 0 Å². The molecule has 0 aliphatic heterocycles. The maximum atomic E-state index is 12.7. The molecule has 2 aromatic heterocycles. The van der Waals surface area contributed by atoms with Crippen LogP contribution in [-0.4, -0.2) is 41.6 Å². The molecule has 3 aromatic carbocycles. The number of anilines is 1. The third-order valence-corrected chi connectivity index (χ3v) is 7.07. The Hall–Kier alpha value is -3.67. The molecule has 0 spiro atoms. The van der Waals surface area contributed by atoms with Crippen LogP contribution in [0.1, 0.15) is 0 Å². The number of ether oxygens (including phenoxy) is 1. The molecule has 5 aromatic rings. The number of hydrogen-bond acceptors (Lipinski definition) is 7. The summed E-state index contributed by atoms with van der Waals surface area (Å²) in [6, 6.07) is 19.7. The van der Waals surface area contributed by atoms with E-state index in [2.05, 4.69) is 5.32 Å². The molecular formula is C23H19N5O4S2. The molecule has 0 saturated carbocycles. The number of fused-ring (bicyclic) bond motifs is 5. The zero-order chi connectivity index (χ0) is 23.9. The summed E-state index contributed by atoms with van der Waals surface area (Å²) < 4.78 is 30.7. The highest BCUT2D eigenvalue weighted by Crippen LogP contribution is 2.29. The van der Waals surface area contributed by atoms with E-state index in [1.165, 1.54) is 31.0 Å².